The molecule has 0 aliphatic heterocycles. The van der Waals surface area contributed by atoms with E-state index < -0.39 is 16.0 Å². The number of ether oxygens (including phenoxy) is 1. The second-order valence-electron chi connectivity index (χ2n) is 4.94. The molecule has 1 N–H and O–H groups in total. The first kappa shape index (κ1) is 17.1. The van der Waals surface area contributed by atoms with Crippen LogP contribution in [0.4, 0.5) is 0 Å². The molecule has 2 rings (SSSR count). The number of sulfonamides is 1. The number of aromatic nitrogens is 1. The smallest absolute Gasteiger partial charge is 0.307 e. The molecule has 0 unspecified atom stereocenters. The van der Waals surface area contributed by atoms with E-state index in [-0.39, 0.29) is 24.5 Å². The van der Waals surface area contributed by atoms with Crippen LogP contribution in [0.3, 0.4) is 0 Å². The lowest BCUT2D eigenvalue weighted by molar-refractivity contribution is -0.144. The number of rotatable bonds is 7. The van der Waals surface area contributed by atoms with Crippen molar-refractivity contribution in [3.63, 3.8) is 0 Å². The van der Waals surface area contributed by atoms with Crippen LogP contribution in [0.1, 0.15) is 17.7 Å². The summed E-state index contributed by atoms with van der Waals surface area (Å²) in [6.07, 6.45) is 1.57. The van der Waals surface area contributed by atoms with Gasteiger partial charge >= 0.3 is 5.97 Å². The highest BCUT2D eigenvalue weighted by molar-refractivity contribution is 7.89. The minimum Gasteiger partial charge on any atom is -0.459 e. The standard InChI is InChI=1S/C16H18N2O4S/c1-13-5-7-15(8-6-13)23(20,21)18-11-9-16(19)22-12-14-4-2-3-10-17-14/h2-8,10,18H,9,11-12H2,1H3. The number of hydrogen-bond donors (Lipinski definition) is 1. The van der Waals surface area contributed by atoms with Crippen molar-refractivity contribution < 1.29 is 17.9 Å². The van der Waals surface area contributed by atoms with Crippen LogP contribution in [-0.4, -0.2) is 25.9 Å². The molecule has 2 aromatic rings. The Balaban J connectivity index is 1.77. The van der Waals surface area contributed by atoms with Gasteiger partial charge in [-0.05, 0) is 31.2 Å². The number of aryl methyl sites for hydroxylation is 1. The lowest BCUT2D eigenvalue weighted by Gasteiger charge is -2.07. The lowest BCUT2D eigenvalue weighted by atomic mass is 10.2. The van der Waals surface area contributed by atoms with Gasteiger partial charge in [-0.15, -0.1) is 0 Å². The summed E-state index contributed by atoms with van der Waals surface area (Å²) in [5.74, 6) is -0.484. The zero-order valence-electron chi connectivity index (χ0n) is 12.7. The van der Waals surface area contributed by atoms with Crippen LogP contribution in [0.2, 0.25) is 0 Å². The fourth-order valence-electron chi connectivity index (χ4n) is 1.80. The summed E-state index contributed by atoms with van der Waals surface area (Å²) in [4.78, 5) is 15.8. The fraction of sp³-hybridized carbons (Fsp3) is 0.250. The maximum atomic E-state index is 12.0. The summed E-state index contributed by atoms with van der Waals surface area (Å²) in [5, 5.41) is 0. The third kappa shape index (κ3) is 5.46. The molecule has 0 saturated carbocycles. The van der Waals surface area contributed by atoms with Crippen LogP contribution in [0.5, 0.6) is 0 Å². The maximum Gasteiger partial charge on any atom is 0.307 e. The SMILES string of the molecule is Cc1ccc(S(=O)(=O)NCCC(=O)OCc2ccccn2)cc1. The van der Waals surface area contributed by atoms with Crippen molar-refractivity contribution in [3.05, 3.63) is 59.9 Å². The van der Waals surface area contributed by atoms with Crippen LogP contribution in [0.25, 0.3) is 0 Å². The van der Waals surface area contributed by atoms with E-state index in [1.807, 2.05) is 6.92 Å². The summed E-state index contributed by atoms with van der Waals surface area (Å²) >= 11 is 0. The zero-order chi connectivity index (χ0) is 16.7. The molecule has 1 aromatic heterocycles. The molecule has 0 aliphatic carbocycles. The average Bonchev–Trinajstić information content (AvgIpc) is 2.54. The van der Waals surface area contributed by atoms with Gasteiger partial charge in [0.25, 0.3) is 0 Å². The predicted octanol–water partition coefficient (Wildman–Crippen LogP) is 1.80. The van der Waals surface area contributed by atoms with E-state index in [2.05, 4.69) is 9.71 Å². The first-order valence-electron chi connectivity index (χ1n) is 7.09. The Kier molecular flexibility index (Phi) is 5.84. The molecule has 23 heavy (non-hydrogen) atoms. The van der Waals surface area contributed by atoms with Crippen LogP contribution >= 0.6 is 0 Å². The highest BCUT2D eigenvalue weighted by atomic mass is 32.2. The number of hydrogen-bond acceptors (Lipinski definition) is 5. The fourth-order valence-corrected chi connectivity index (χ4v) is 2.83. The van der Waals surface area contributed by atoms with Gasteiger partial charge < -0.3 is 4.74 Å². The van der Waals surface area contributed by atoms with Crippen LogP contribution < -0.4 is 4.72 Å². The van der Waals surface area contributed by atoms with Crippen molar-refractivity contribution >= 4 is 16.0 Å². The third-order valence-corrected chi connectivity index (χ3v) is 4.54. The summed E-state index contributed by atoms with van der Waals surface area (Å²) in [5.41, 5.74) is 1.61. The predicted molar refractivity (Wildman–Crippen MR) is 85.0 cm³/mol. The molecule has 0 aliphatic rings. The Morgan fingerprint density at radius 1 is 1.17 bits per heavy atom. The van der Waals surface area contributed by atoms with Gasteiger partial charge in [-0.25, -0.2) is 13.1 Å². The molecule has 1 aromatic carbocycles. The Hall–Kier alpha value is -2.25. The van der Waals surface area contributed by atoms with E-state index in [0.717, 1.165) is 5.56 Å². The van der Waals surface area contributed by atoms with E-state index in [1.54, 1.807) is 36.5 Å². The highest BCUT2D eigenvalue weighted by Gasteiger charge is 2.14. The first-order valence-corrected chi connectivity index (χ1v) is 8.57. The molecular weight excluding hydrogens is 316 g/mol. The van der Waals surface area contributed by atoms with E-state index in [0.29, 0.717) is 5.69 Å². The summed E-state index contributed by atoms with van der Waals surface area (Å²) in [6.45, 7) is 1.93. The Morgan fingerprint density at radius 3 is 2.57 bits per heavy atom. The highest BCUT2D eigenvalue weighted by Crippen LogP contribution is 2.09. The van der Waals surface area contributed by atoms with Gasteiger partial charge in [0.2, 0.25) is 10.0 Å². The van der Waals surface area contributed by atoms with Gasteiger partial charge in [-0.3, -0.25) is 9.78 Å². The van der Waals surface area contributed by atoms with E-state index >= 15 is 0 Å². The molecule has 0 atom stereocenters. The third-order valence-electron chi connectivity index (χ3n) is 3.06. The number of nitrogens with zero attached hydrogens (tertiary/aromatic N) is 1. The van der Waals surface area contributed by atoms with Gasteiger partial charge in [0.05, 0.1) is 17.0 Å². The van der Waals surface area contributed by atoms with Gasteiger partial charge in [0, 0.05) is 12.7 Å². The quantitative estimate of drug-likeness (QED) is 0.781. The van der Waals surface area contributed by atoms with Gasteiger partial charge in [-0.1, -0.05) is 23.8 Å². The number of esters is 1. The normalized spacial score (nSPS) is 11.2. The molecule has 0 bridgehead atoms. The number of pyridine rings is 1. The van der Waals surface area contributed by atoms with Crippen LogP contribution in [0.15, 0.2) is 53.6 Å². The second kappa shape index (κ2) is 7.85. The molecule has 7 heteroatoms. The minimum atomic E-state index is -3.61. The molecule has 1 heterocycles. The first-order chi connectivity index (χ1) is 11.0. The Bertz CT molecular complexity index is 743. The Labute approximate surface area is 135 Å². The van der Waals surface area contributed by atoms with Crippen molar-refractivity contribution in [2.24, 2.45) is 0 Å². The van der Waals surface area contributed by atoms with E-state index in [9.17, 15) is 13.2 Å². The molecule has 0 saturated heterocycles. The van der Waals surface area contributed by atoms with Crippen LogP contribution in [-0.2, 0) is 26.2 Å². The van der Waals surface area contributed by atoms with Crippen molar-refractivity contribution in [2.45, 2.75) is 24.8 Å². The number of carbonyl (C=O) groups is 1. The zero-order valence-corrected chi connectivity index (χ0v) is 13.5. The second-order valence-corrected chi connectivity index (χ2v) is 6.71. The van der Waals surface area contributed by atoms with Crippen molar-refractivity contribution in [1.82, 2.24) is 9.71 Å². The average molecular weight is 334 g/mol. The molecule has 0 fully saturated rings. The summed E-state index contributed by atoms with van der Waals surface area (Å²) < 4.78 is 31.5. The van der Waals surface area contributed by atoms with E-state index in [4.69, 9.17) is 4.74 Å². The van der Waals surface area contributed by atoms with Gasteiger partial charge in [0.15, 0.2) is 0 Å². The maximum absolute atomic E-state index is 12.0. The minimum absolute atomic E-state index is 0.0166. The van der Waals surface area contributed by atoms with Crippen molar-refractivity contribution in [2.75, 3.05) is 6.54 Å². The van der Waals surface area contributed by atoms with E-state index in [1.165, 1.54) is 12.1 Å². The van der Waals surface area contributed by atoms with Gasteiger partial charge in [0.1, 0.15) is 6.61 Å². The molecule has 122 valence electrons. The van der Waals surface area contributed by atoms with Crippen LogP contribution in [0, 0.1) is 6.92 Å². The molecular formula is C16H18N2O4S. The largest absolute Gasteiger partial charge is 0.459 e. The Morgan fingerprint density at radius 2 is 1.91 bits per heavy atom. The monoisotopic (exact) mass is 334 g/mol. The summed E-state index contributed by atoms with van der Waals surface area (Å²) in [7, 11) is -3.61. The number of nitrogens with one attached hydrogen (secondary N) is 1. The molecule has 0 spiro atoms. The summed E-state index contributed by atoms with van der Waals surface area (Å²) in [6, 6.07) is 11.8. The molecule has 0 amide bonds. The van der Waals surface area contributed by atoms with Crippen molar-refractivity contribution in [3.8, 4) is 0 Å². The number of benzene rings is 1. The number of carbonyl (C=O) groups excluding carboxylic acids is 1. The molecule has 0 radical (unpaired) electrons. The van der Waals surface area contributed by atoms with Crippen molar-refractivity contribution in [1.29, 1.82) is 0 Å². The molecule has 6 nitrogen and oxygen atoms in total. The van der Waals surface area contributed by atoms with Gasteiger partial charge in [-0.2, -0.15) is 0 Å². The topological polar surface area (TPSA) is 85.4 Å². The lowest BCUT2D eigenvalue weighted by Crippen LogP contribution is -2.26.